The van der Waals surface area contributed by atoms with Gasteiger partial charge in [-0.05, 0) is 36.4 Å². The van der Waals surface area contributed by atoms with E-state index in [-0.39, 0.29) is 5.91 Å². The van der Waals surface area contributed by atoms with E-state index in [2.05, 4.69) is 16.8 Å². The van der Waals surface area contributed by atoms with Crippen molar-refractivity contribution in [1.29, 1.82) is 0 Å². The maximum Gasteiger partial charge on any atom is 0.230 e. The Labute approximate surface area is 163 Å². The van der Waals surface area contributed by atoms with Crippen LogP contribution in [0, 0.1) is 11.8 Å². The number of hydrogen-bond acceptors (Lipinski definition) is 4. The van der Waals surface area contributed by atoms with E-state index in [0.717, 1.165) is 27.9 Å². The van der Waals surface area contributed by atoms with Crippen LogP contribution >= 0.6 is 0 Å². The smallest absolute Gasteiger partial charge is 0.230 e. The number of aromatic nitrogens is 1. The SMILES string of the molecule is CN1C(=O)CCOc2ccc(C#CCCOc3ccc4cccnc4c3)cc21. The lowest BCUT2D eigenvalue weighted by atomic mass is 10.1. The topological polar surface area (TPSA) is 51.7 Å². The molecule has 28 heavy (non-hydrogen) atoms. The molecule has 3 aromatic rings. The highest BCUT2D eigenvalue weighted by Gasteiger charge is 2.19. The zero-order valence-electron chi connectivity index (χ0n) is 15.6. The van der Waals surface area contributed by atoms with Gasteiger partial charge in [-0.2, -0.15) is 0 Å². The van der Waals surface area contributed by atoms with Crippen molar-refractivity contribution >= 4 is 22.5 Å². The summed E-state index contributed by atoms with van der Waals surface area (Å²) in [6.07, 6.45) is 2.75. The number of carbonyl (C=O) groups is 1. The van der Waals surface area contributed by atoms with E-state index in [4.69, 9.17) is 9.47 Å². The highest BCUT2D eigenvalue weighted by Crippen LogP contribution is 2.31. The van der Waals surface area contributed by atoms with Gasteiger partial charge in [0.1, 0.15) is 11.5 Å². The van der Waals surface area contributed by atoms with Crippen LogP contribution in [0.3, 0.4) is 0 Å². The summed E-state index contributed by atoms with van der Waals surface area (Å²) in [5.74, 6) is 7.80. The molecule has 0 saturated carbocycles. The highest BCUT2D eigenvalue weighted by molar-refractivity contribution is 5.95. The number of benzene rings is 2. The Bertz CT molecular complexity index is 1080. The van der Waals surface area contributed by atoms with Crippen molar-refractivity contribution in [3.05, 3.63) is 60.3 Å². The summed E-state index contributed by atoms with van der Waals surface area (Å²) >= 11 is 0. The molecular weight excluding hydrogens is 352 g/mol. The van der Waals surface area contributed by atoms with Crippen LogP contribution in [0.5, 0.6) is 11.5 Å². The number of carbonyl (C=O) groups excluding carboxylic acids is 1. The van der Waals surface area contributed by atoms with Crippen molar-refractivity contribution in [2.45, 2.75) is 12.8 Å². The van der Waals surface area contributed by atoms with Gasteiger partial charge in [0.25, 0.3) is 0 Å². The molecule has 140 valence electrons. The molecule has 5 nitrogen and oxygen atoms in total. The highest BCUT2D eigenvalue weighted by atomic mass is 16.5. The predicted octanol–water partition coefficient (Wildman–Crippen LogP) is 3.80. The molecule has 0 spiro atoms. The number of hydrogen-bond donors (Lipinski definition) is 0. The lowest BCUT2D eigenvalue weighted by molar-refractivity contribution is -0.118. The van der Waals surface area contributed by atoms with Crippen molar-refractivity contribution in [2.75, 3.05) is 25.2 Å². The van der Waals surface area contributed by atoms with Gasteiger partial charge in [0, 0.05) is 36.7 Å². The molecule has 1 amide bonds. The molecule has 0 fully saturated rings. The second-order valence-corrected chi connectivity index (χ2v) is 6.49. The van der Waals surface area contributed by atoms with Gasteiger partial charge < -0.3 is 14.4 Å². The van der Waals surface area contributed by atoms with Gasteiger partial charge in [0.2, 0.25) is 5.91 Å². The number of pyridine rings is 1. The number of nitrogens with zero attached hydrogens (tertiary/aromatic N) is 2. The van der Waals surface area contributed by atoms with Crippen molar-refractivity contribution in [3.8, 4) is 23.3 Å². The molecule has 0 unspecified atom stereocenters. The number of anilines is 1. The Balaban J connectivity index is 1.38. The van der Waals surface area contributed by atoms with Gasteiger partial charge in [0.15, 0.2) is 0 Å². The Hall–Kier alpha value is -3.52. The zero-order chi connectivity index (χ0) is 19.3. The molecule has 0 saturated heterocycles. The maximum atomic E-state index is 12.0. The van der Waals surface area contributed by atoms with E-state index in [0.29, 0.717) is 31.8 Å². The van der Waals surface area contributed by atoms with Gasteiger partial charge in [-0.3, -0.25) is 9.78 Å². The van der Waals surface area contributed by atoms with Gasteiger partial charge in [0.05, 0.1) is 30.8 Å². The van der Waals surface area contributed by atoms with E-state index >= 15 is 0 Å². The molecular formula is C23H20N2O3. The summed E-state index contributed by atoms with van der Waals surface area (Å²) in [7, 11) is 1.76. The molecule has 2 heterocycles. The quantitative estimate of drug-likeness (QED) is 0.518. The van der Waals surface area contributed by atoms with Crippen molar-refractivity contribution in [2.24, 2.45) is 0 Å². The average Bonchev–Trinajstić information content (AvgIpc) is 2.86. The van der Waals surface area contributed by atoms with Crippen LogP contribution in [0.1, 0.15) is 18.4 Å². The normalized spacial score (nSPS) is 13.2. The Morgan fingerprint density at radius 2 is 2.14 bits per heavy atom. The van der Waals surface area contributed by atoms with E-state index < -0.39 is 0 Å². The van der Waals surface area contributed by atoms with Crippen LogP contribution < -0.4 is 14.4 Å². The Kier molecular flexibility index (Phi) is 5.11. The number of amides is 1. The molecule has 0 atom stereocenters. The third kappa shape index (κ3) is 3.91. The number of fused-ring (bicyclic) bond motifs is 2. The monoisotopic (exact) mass is 372 g/mol. The largest absolute Gasteiger partial charge is 0.493 e. The molecule has 1 aliphatic heterocycles. The summed E-state index contributed by atoms with van der Waals surface area (Å²) in [5, 5.41) is 1.09. The molecule has 1 aromatic heterocycles. The molecule has 0 bridgehead atoms. The first kappa shape index (κ1) is 17.9. The first-order valence-electron chi connectivity index (χ1n) is 9.20. The van der Waals surface area contributed by atoms with Gasteiger partial charge in [-0.1, -0.05) is 17.9 Å². The van der Waals surface area contributed by atoms with Crippen LogP contribution in [-0.4, -0.2) is 31.2 Å². The summed E-state index contributed by atoms with van der Waals surface area (Å²) in [5.41, 5.74) is 2.52. The molecule has 0 N–H and O–H groups in total. The Morgan fingerprint density at radius 3 is 3.07 bits per heavy atom. The standard InChI is InChI=1S/C23H20N2O3/c1-25-21-15-17(7-10-22(21)28-14-11-23(25)26)5-2-3-13-27-19-9-8-18-6-4-12-24-20(18)16-19/h4,6-10,12,15-16H,3,11,13-14H2,1H3. The summed E-state index contributed by atoms with van der Waals surface area (Å²) in [6.45, 7) is 0.903. The fourth-order valence-corrected chi connectivity index (χ4v) is 3.05. The van der Waals surface area contributed by atoms with E-state index in [9.17, 15) is 4.79 Å². The second kappa shape index (κ2) is 8.01. The van der Waals surface area contributed by atoms with E-state index in [1.54, 1.807) is 18.1 Å². The fourth-order valence-electron chi connectivity index (χ4n) is 3.05. The molecule has 0 aliphatic carbocycles. The second-order valence-electron chi connectivity index (χ2n) is 6.49. The summed E-state index contributed by atoms with van der Waals surface area (Å²) in [4.78, 5) is 18.0. The molecule has 0 radical (unpaired) electrons. The maximum absolute atomic E-state index is 12.0. The lowest BCUT2D eigenvalue weighted by Crippen LogP contribution is -2.25. The molecule has 5 heteroatoms. The minimum atomic E-state index is 0.0436. The number of ether oxygens (including phenoxy) is 2. The van der Waals surface area contributed by atoms with Gasteiger partial charge >= 0.3 is 0 Å². The van der Waals surface area contributed by atoms with E-state index in [1.807, 2.05) is 48.5 Å². The lowest BCUT2D eigenvalue weighted by Gasteiger charge is -2.16. The molecule has 1 aliphatic rings. The van der Waals surface area contributed by atoms with Crippen LogP contribution in [-0.2, 0) is 4.79 Å². The van der Waals surface area contributed by atoms with Crippen molar-refractivity contribution in [1.82, 2.24) is 4.98 Å². The van der Waals surface area contributed by atoms with E-state index in [1.165, 1.54) is 0 Å². The minimum absolute atomic E-state index is 0.0436. The molecule has 2 aromatic carbocycles. The van der Waals surface area contributed by atoms with Crippen molar-refractivity contribution in [3.63, 3.8) is 0 Å². The predicted molar refractivity (Wildman–Crippen MR) is 109 cm³/mol. The zero-order valence-corrected chi connectivity index (χ0v) is 15.6. The third-order valence-electron chi connectivity index (χ3n) is 4.57. The van der Waals surface area contributed by atoms with Crippen molar-refractivity contribution < 1.29 is 14.3 Å². The Morgan fingerprint density at radius 1 is 1.21 bits per heavy atom. The van der Waals surface area contributed by atoms with Crippen LogP contribution in [0.2, 0.25) is 0 Å². The van der Waals surface area contributed by atoms with Crippen LogP contribution in [0.15, 0.2) is 54.7 Å². The minimum Gasteiger partial charge on any atom is -0.493 e. The summed E-state index contributed by atoms with van der Waals surface area (Å²) < 4.78 is 11.4. The third-order valence-corrected chi connectivity index (χ3v) is 4.57. The first-order valence-corrected chi connectivity index (χ1v) is 9.20. The first-order chi connectivity index (χ1) is 13.7. The van der Waals surface area contributed by atoms with Gasteiger partial charge in [-0.15, -0.1) is 0 Å². The van der Waals surface area contributed by atoms with Crippen LogP contribution in [0.25, 0.3) is 10.9 Å². The van der Waals surface area contributed by atoms with Gasteiger partial charge in [-0.25, -0.2) is 0 Å². The van der Waals surface area contributed by atoms with Crippen LogP contribution in [0.4, 0.5) is 5.69 Å². The molecule has 4 rings (SSSR count). The fraction of sp³-hybridized carbons (Fsp3) is 0.217. The average molecular weight is 372 g/mol. The summed E-state index contributed by atoms with van der Waals surface area (Å²) in [6, 6.07) is 15.5. The number of rotatable bonds is 3.